The Balaban J connectivity index is 2.35. The highest BCUT2D eigenvalue weighted by atomic mass is 19.4. The molecule has 1 N–H and O–H groups in total. The highest BCUT2D eigenvalue weighted by Gasteiger charge is 2.36. The van der Waals surface area contributed by atoms with Crippen molar-refractivity contribution in [3.8, 4) is 11.1 Å². The lowest BCUT2D eigenvalue weighted by Crippen LogP contribution is -2.34. The van der Waals surface area contributed by atoms with Crippen LogP contribution in [0, 0.1) is 0 Å². The van der Waals surface area contributed by atoms with E-state index in [9.17, 15) is 18.0 Å². The van der Waals surface area contributed by atoms with Crippen molar-refractivity contribution in [3.63, 3.8) is 0 Å². The van der Waals surface area contributed by atoms with Gasteiger partial charge in [0.2, 0.25) is 0 Å². The molecule has 0 spiro atoms. The van der Waals surface area contributed by atoms with Gasteiger partial charge in [-0.1, -0.05) is 53.8 Å². The summed E-state index contributed by atoms with van der Waals surface area (Å²) in [6, 6.07) is 14.6. The van der Waals surface area contributed by atoms with Crippen molar-refractivity contribution in [3.05, 3.63) is 60.2 Å². The Labute approximate surface area is 117 Å². The summed E-state index contributed by atoms with van der Waals surface area (Å²) in [6.07, 6.45) is -5.16. The number of alkyl halides is 3. The molecule has 0 radical (unpaired) electrons. The van der Waals surface area contributed by atoms with Gasteiger partial charge in [-0.25, -0.2) is 0 Å². The lowest BCUT2D eigenvalue weighted by molar-refractivity contribution is -0.461. The minimum atomic E-state index is -5.16. The van der Waals surface area contributed by atoms with Crippen LogP contribution in [0.5, 0.6) is 0 Å². The van der Waals surface area contributed by atoms with Crippen molar-refractivity contribution in [2.75, 3.05) is 0 Å². The molecule has 2 aromatic carbocycles. The quantitative estimate of drug-likeness (QED) is 0.695. The monoisotopic (exact) mass is 297 g/mol. The normalized spacial score (nSPS) is 11.2. The third-order valence-corrected chi connectivity index (χ3v) is 2.61. The van der Waals surface area contributed by atoms with Crippen LogP contribution < -0.4 is 0 Å². The Morgan fingerprint density at radius 1 is 1.00 bits per heavy atom. The smallest absolute Gasteiger partial charge is 0.264 e. The molecule has 0 heterocycles. The van der Waals surface area contributed by atoms with Gasteiger partial charge < -0.3 is 0 Å². The number of halogens is 3. The van der Waals surface area contributed by atoms with Gasteiger partial charge >= 0.3 is 12.3 Å². The molecular formula is C14H10F3NO3. The molecule has 1 amide bonds. The van der Waals surface area contributed by atoms with Crippen LogP contribution in [0.4, 0.5) is 13.2 Å². The van der Waals surface area contributed by atoms with E-state index in [1.54, 1.807) is 42.5 Å². The fraction of sp³-hybridized carbons (Fsp3) is 0.0714. The molecule has 110 valence electrons. The van der Waals surface area contributed by atoms with Crippen molar-refractivity contribution in [1.82, 2.24) is 5.23 Å². The van der Waals surface area contributed by atoms with Gasteiger partial charge in [0.15, 0.2) is 0 Å². The van der Waals surface area contributed by atoms with Crippen molar-refractivity contribution in [1.29, 1.82) is 0 Å². The van der Waals surface area contributed by atoms with Crippen LogP contribution in [0.25, 0.3) is 11.1 Å². The maximum Gasteiger partial charge on any atom is 0.546 e. The standard InChI is InChI=1S/C14H10F3NO3/c15-14(16,17)21-18(20)13(19)12-9-5-4-8-11(12)10-6-2-1-3-7-10/h1-9,20H. The van der Waals surface area contributed by atoms with E-state index in [2.05, 4.69) is 4.84 Å². The molecule has 0 atom stereocenters. The molecule has 4 nitrogen and oxygen atoms in total. The van der Waals surface area contributed by atoms with Crippen LogP contribution in [0.15, 0.2) is 54.6 Å². The van der Waals surface area contributed by atoms with Gasteiger partial charge in [0.05, 0.1) is 5.56 Å². The van der Waals surface area contributed by atoms with Gasteiger partial charge in [0, 0.05) is 0 Å². The summed E-state index contributed by atoms with van der Waals surface area (Å²) in [5.41, 5.74) is 0.894. The Morgan fingerprint density at radius 2 is 1.57 bits per heavy atom. The van der Waals surface area contributed by atoms with E-state index in [1.165, 1.54) is 12.1 Å². The minimum absolute atomic E-state index is 0.115. The van der Waals surface area contributed by atoms with Crippen molar-refractivity contribution < 1.29 is 28.0 Å². The van der Waals surface area contributed by atoms with E-state index < -0.39 is 17.5 Å². The van der Waals surface area contributed by atoms with Crippen LogP contribution in [0.2, 0.25) is 0 Å². The number of benzene rings is 2. The predicted molar refractivity (Wildman–Crippen MR) is 67.0 cm³/mol. The first kappa shape index (κ1) is 15.0. The summed E-state index contributed by atoms with van der Waals surface area (Å²) < 4.78 is 36.1. The van der Waals surface area contributed by atoms with Gasteiger partial charge in [-0.05, 0) is 17.2 Å². The molecule has 2 aromatic rings. The molecule has 7 heteroatoms. The fourth-order valence-corrected chi connectivity index (χ4v) is 1.78. The Morgan fingerprint density at radius 3 is 2.19 bits per heavy atom. The van der Waals surface area contributed by atoms with Crippen molar-refractivity contribution in [2.45, 2.75) is 6.36 Å². The third-order valence-electron chi connectivity index (χ3n) is 2.61. The number of hydroxylamine groups is 2. The van der Waals surface area contributed by atoms with Gasteiger partial charge in [-0.15, -0.1) is 18.0 Å². The van der Waals surface area contributed by atoms with E-state index in [4.69, 9.17) is 5.21 Å². The van der Waals surface area contributed by atoms with Gasteiger partial charge in [-0.2, -0.15) is 0 Å². The number of hydrogen-bond acceptors (Lipinski definition) is 3. The summed E-state index contributed by atoms with van der Waals surface area (Å²) in [4.78, 5) is 15.1. The van der Waals surface area contributed by atoms with E-state index in [0.29, 0.717) is 11.1 Å². The van der Waals surface area contributed by atoms with E-state index in [-0.39, 0.29) is 5.56 Å². The topological polar surface area (TPSA) is 49.8 Å². The molecule has 21 heavy (non-hydrogen) atoms. The predicted octanol–water partition coefficient (Wildman–Crippen LogP) is 3.64. The SMILES string of the molecule is O=C(c1ccccc1-c1ccccc1)N(O)OC(F)(F)F. The first-order valence-corrected chi connectivity index (χ1v) is 5.82. The van der Waals surface area contributed by atoms with Gasteiger partial charge in [-0.3, -0.25) is 10.0 Å². The summed E-state index contributed by atoms with van der Waals surface area (Å²) in [7, 11) is 0. The molecule has 0 aromatic heterocycles. The van der Waals surface area contributed by atoms with E-state index in [0.717, 1.165) is 0 Å². The Kier molecular flexibility index (Phi) is 4.25. The summed E-state index contributed by atoms with van der Waals surface area (Å²) in [5, 5.41) is 8.30. The van der Waals surface area contributed by atoms with Crippen LogP contribution in [0.1, 0.15) is 10.4 Å². The van der Waals surface area contributed by atoms with Crippen LogP contribution >= 0.6 is 0 Å². The zero-order valence-electron chi connectivity index (χ0n) is 10.5. The molecule has 0 bridgehead atoms. The molecule has 0 aliphatic heterocycles. The molecule has 0 saturated heterocycles. The van der Waals surface area contributed by atoms with Crippen molar-refractivity contribution >= 4 is 5.91 Å². The van der Waals surface area contributed by atoms with Gasteiger partial charge in [0.1, 0.15) is 0 Å². The highest BCUT2D eigenvalue weighted by Crippen LogP contribution is 2.25. The second kappa shape index (κ2) is 5.94. The third kappa shape index (κ3) is 3.80. The Hall–Kier alpha value is -2.38. The molecule has 0 saturated carbocycles. The van der Waals surface area contributed by atoms with Crippen LogP contribution in [0.3, 0.4) is 0 Å². The minimum Gasteiger partial charge on any atom is -0.264 e. The second-order valence-electron chi connectivity index (χ2n) is 4.03. The first-order chi connectivity index (χ1) is 9.88. The highest BCUT2D eigenvalue weighted by molar-refractivity contribution is 5.99. The lowest BCUT2D eigenvalue weighted by Gasteiger charge is -2.17. The largest absolute Gasteiger partial charge is 0.546 e. The molecule has 0 fully saturated rings. The number of amides is 1. The molecular weight excluding hydrogens is 287 g/mol. The van der Waals surface area contributed by atoms with E-state index in [1.807, 2.05) is 0 Å². The van der Waals surface area contributed by atoms with Crippen molar-refractivity contribution in [2.24, 2.45) is 0 Å². The maximum atomic E-state index is 12.0. The number of rotatable bonds is 3. The van der Waals surface area contributed by atoms with Gasteiger partial charge in [0.25, 0.3) is 0 Å². The number of hydrogen-bond donors (Lipinski definition) is 1. The second-order valence-corrected chi connectivity index (χ2v) is 4.03. The average Bonchev–Trinajstić information content (AvgIpc) is 2.45. The Bertz CT molecular complexity index is 629. The summed E-state index contributed by atoms with van der Waals surface area (Å²) in [5.74, 6) is -1.31. The van der Waals surface area contributed by atoms with Crippen LogP contribution in [-0.2, 0) is 4.84 Å². The lowest BCUT2D eigenvalue weighted by atomic mass is 9.99. The first-order valence-electron chi connectivity index (χ1n) is 5.82. The molecule has 2 rings (SSSR count). The number of carbonyl (C=O) groups excluding carboxylic acids is 1. The zero-order valence-corrected chi connectivity index (χ0v) is 10.5. The van der Waals surface area contributed by atoms with E-state index >= 15 is 0 Å². The fourth-order valence-electron chi connectivity index (χ4n) is 1.78. The average molecular weight is 297 g/mol. The number of nitrogens with zero attached hydrogens (tertiary/aromatic N) is 1. The molecule has 0 aliphatic rings. The number of carbonyl (C=O) groups is 1. The molecule has 0 aliphatic carbocycles. The maximum absolute atomic E-state index is 12.0. The van der Waals surface area contributed by atoms with Crippen LogP contribution in [-0.4, -0.2) is 22.7 Å². The zero-order chi connectivity index (χ0) is 15.5. The molecule has 0 unspecified atom stereocenters. The summed E-state index contributed by atoms with van der Waals surface area (Å²) >= 11 is 0. The summed E-state index contributed by atoms with van der Waals surface area (Å²) in [6.45, 7) is 0.